The quantitative estimate of drug-likeness (QED) is 0.379. The van der Waals surface area contributed by atoms with Gasteiger partial charge in [-0.25, -0.2) is 4.90 Å². The molecule has 3 aliphatic heterocycles. The highest BCUT2D eigenvalue weighted by atomic mass is 16.2. The van der Waals surface area contributed by atoms with Crippen molar-refractivity contribution in [3.63, 3.8) is 0 Å². The molecule has 4 heterocycles. The molecule has 2 unspecified atom stereocenters. The Kier molecular flexibility index (Phi) is 4.54. The maximum absolute atomic E-state index is 14.1. The molecule has 2 fully saturated rings. The van der Waals surface area contributed by atoms with Gasteiger partial charge in [0, 0.05) is 34.4 Å². The van der Waals surface area contributed by atoms with Crippen molar-refractivity contribution >= 4 is 40.0 Å². The van der Waals surface area contributed by atoms with E-state index in [1.54, 1.807) is 12.1 Å². The highest BCUT2D eigenvalue weighted by Crippen LogP contribution is 2.54. The van der Waals surface area contributed by atoms with Gasteiger partial charge in [-0.15, -0.1) is 0 Å². The van der Waals surface area contributed by atoms with E-state index in [2.05, 4.69) is 15.6 Å². The number of rotatable bonds is 3. The lowest BCUT2D eigenvalue weighted by Crippen LogP contribution is -2.53. The minimum atomic E-state index is -1.32. The lowest BCUT2D eigenvalue weighted by atomic mass is 9.75. The molecular formula is C30H26N4O3. The van der Waals surface area contributed by atoms with Gasteiger partial charge in [-0.1, -0.05) is 54.1 Å². The van der Waals surface area contributed by atoms with Crippen LogP contribution in [0.3, 0.4) is 0 Å². The number of amides is 3. The number of aromatic amines is 1. The molecule has 2 saturated heterocycles. The summed E-state index contributed by atoms with van der Waals surface area (Å²) < 4.78 is 0. The second-order valence-corrected chi connectivity index (χ2v) is 10.4. The fourth-order valence-electron chi connectivity index (χ4n) is 6.80. The van der Waals surface area contributed by atoms with Crippen LogP contribution >= 0.6 is 0 Å². The highest BCUT2D eigenvalue weighted by molar-refractivity contribution is 6.26. The summed E-state index contributed by atoms with van der Waals surface area (Å²) >= 11 is 0. The van der Waals surface area contributed by atoms with E-state index >= 15 is 0 Å². The summed E-state index contributed by atoms with van der Waals surface area (Å²) in [6.07, 6.45) is 2.46. The third-order valence-electron chi connectivity index (χ3n) is 8.29. The Labute approximate surface area is 213 Å². The molecule has 1 aromatic heterocycles. The second kappa shape index (κ2) is 7.63. The van der Waals surface area contributed by atoms with Gasteiger partial charge in [0.05, 0.1) is 17.5 Å². The van der Waals surface area contributed by atoms with Gasteiger partial charge in [0.15, 0.2) is 0 Å². The molecule has 7 heteroatoms. The Morgan fingerprint density at radius 2 is 1.68 bits per heavy atom. The molecule has 7 rings (SSSR count). The Hall–Kier alpha value is -4.23. The van der Waals surface area contributed by atoms with Crippen molar-refractivity contribution in [1.82, 2.24) is 10.3 Å². The van der Waals surface area contributed by atoms with E-state index in [9.17, 15) is 14.4 Å². The molecule has 3 aliphatic rings. The number of aryl methyl sites for hydroxylation is 2. The van der Waals surface area contributed by atoms with E-state index in [-0.39, 0.29) is 17.7 Å². The zero-order valence-corrected chi connectivity index (χ0v) is 20.5. The number of nitrogens with zero attached hydrogens (tertiary/aromatic N) is 1. The van der Waals surface area contributed by atoms with E-state index in [1.165, 1.54) is 4.90 Å². The average molecular weight is 491 g/mol. The number of fused-ring (bicyclic) bond motifs is 5. The SMILES string of the molecule is Cc1cc(C)c2c(c1)C1(NC(Cc3c[nH]c4ccccc34)[C@H]3C(=O)N(c4ccccc4)C(=O)[C@H]31)C(=O)N2. The van der Waals surface area contributed by atoms with Crippen LogP contribution in [0.15, 0.2) is 72.9 Å². The van der Waals surface area contributed by atoms with E-state index in [0.717, 1.165) is 38.8 Å². The maximum Gasteiger partial charge on any atom is 0.250 e. The molecule has 0 bridgehead atoms. The molecule has 3 N–H and O–H groups in total. The molecule has 4 aromatic rings. The maximum atomic E-state index is 14.1. The van der Waals surface area contributed by atoms with Crippen LogP contribution in [0, 0.1) is 25.7 Å². The molecule has 3 amide bonds. The summed E-state index contributed by atoms with van der Waals surface area (Å²) in [5.74, 6) is -2.40. The normalized spacial score (nSPS) is 26.3. The van der Waals surface area contributed by atoms with Gasteiger partial charge in [0.1, 0.15) is 5.54 Å². The number of anilines is 2. The Bertz CT molecular complexity index is 1620. The van der Waals surface area contributed by atoms with Crippen molar-refractivity contribution in [1.29, 1.82) is 0 Å². The van der Waals surface area contributed by atoms with Crippen molar-refractivity contribution in [3.8, 4) is 0 Å². The van der Waals surface area contributed by atoms with Gasteiger partial charge >= 0.3 is 0 Å². The topological polar surface area (TPSA) is 94.3 Å². The number of aromatic nitrogens is 1. The number of para-hydroxylation sites is 2. The molecule has 0 radical (unpaired) electrons. The van der Waals surface area contributed by atoms with E-state index in [1.807, 2.05) is 74.6 Å². The lowest BCUT2D eigenvalue weighted by molar-refractivity contribution is -0.130. The van der Waals surface area contributed by atoms with Gasteiger partial charge in [-0.2, -0.15) is 0 Å². The summed E-state index contributed by atoms with van der Waals surface area (Å²) in [4.78, 5) is 46.6. The van der Waals surface area contributed by atoms with Gasteiger partial charge in [0.25, 0.3) is 0 Å². The average Bonchev–Trinajstić information content (AvgIpc) is 3.60. The number of nitrogens with one attached hydrogen (secondary N) is 3. The predicted molar refractivity (Wildman–Crippen MR) is 141 cm³/mol. The van der Waals surface area contributed by atoms with Crippen molar-refractivity contribution < 1.29 is 14.4 Å². The van der Waals surface area contributed by atoms with Crippen molar-refractivity contribution in [2.45, 2.75) is 31.8 Å². The minimum Gasteiger partial charge on any atom is -0.361 e. The molecule has 4 atom stereocenters. The minimum absolute atomic E-state index is 0.263. The number of carbonyl (C=O) groups is 3. The van der Waals surface area contributed by atoms with E-state index < -0.39 is 23.4 Å². The first-order valence-electron chi connectivity index (χ1n) is 12.6. The monoisotopic (exact) mass is 490 g/mol. The molecule has 0 aliphatic carbocycles. The van der Waals surface area contributed by atoms with Crippen molar-refractivity contribution in [3.05, 3.63) is 95.2 Å². The Balaban J connectivity index is 1.40. The standard InChI is InChI=1S/C30H26N4O3/c1-16-12-17(2)26-21(13-16)30(29(37)32-26)25-24(27(35)34(28(25)36)19-8-4-3-5-9-19)23(33-30)14-18-15-31-22-11-7-6-10-20(18)22/h3-13,15,23-25,31,33H,14H2,1-2H3,(H,32,37)/t23?,24-,25+,30?/m1/s1. The largest absolute Gasteiger partial charge is 0.361 e. The number of H-pyrrole nitrogens is 1. The van der Waals surface area contributed by atoms with Crippen LogP contribution in [-0.2, 0) is 26.3 Å². The zero-order valence-electron chi connectivity index (χ0n) is 20.5. The molecule has 0 saturated carbocycles. The van der Waals surface area contributed by atoms with Crippen LogP contribution in [0.2, 0.25) is 0 Å². The summed E-state index contributed by atoms with van der Waals surface area (Å²) in [6.45, 7) is 3.94. The molecule has 1 spiro atoms. The van der Waals surface area contributed by atoms with Gasteiger partial charge in [-0.3, -0.25) is 19.7 Å². The van der Waals surface area contributed by atoms with E-state index in [4.69, 9.17) is 0 Å². The van der Waals surface area contributed by atoms with Crippen LogP contribution in [0.25, 0.3) is 10.9 Å². The number of benzene rings is 3. The first-order valence-corrected chi connectivity index (χ1v) is 12.6. The lowest BCUT2D eigenvalue weighted by Gasteiger charge is -2.30. The fraction of sp³-hybridized carbons (Fsp3) is 0.233. The predicted octanol–water partition coefficient (Wildman–Crippen LogP) is 3.95. The first kappa shape index (κ1) is 22.0. The molecule has 37 heavy (non-hydrogen) atoms. The summed E-state index contributed by atoms with van der Waals surface area (Å²) in [5, 5.41) is 7.69. The van der Waals surface area contributed by atoms with Crippen molar-refractivity contribution in [2.24, 2.45) is 11.8 Å². The van der Waals surface area contributed by atoms with E-state index in [0.29, 0.717) is 12.1 Å². The zero-order chi connectivity index (χ0) is 25.5. The Morgan fingerprint density at radius 3 is 2.49 bits per heavy atom. The number of hydrogen-bond acceptors (Lipinski definition) is 4. The number of imide groups is 1. The van der Waals surface area contributed by atoms with Crippen LogP contribution in [-0.4, -0.2) is 28.7 Å². The van der Waals surface area contributed by atoms with Gasteiger partial charge in [-0.05, 0) is 49.6 Å². The number of carbonyl (C=O) groups excluding carboxylic acids is 3. The molecule has 184 valence electrons. The number of hydrogen-bond donors (Lipinski definition) is 3. The molecule has 7 nitrogen and oxygen atoms in total. The second-order valence-electron chi connectivity index (χ2n) is 10.4. The van der Waals surface area contributed by atoms with Crippen LogP contribution in [0.1, 0.15) is 22.3 Å². The fourth-order valence-corrected chi connectivity index (χ4v) is 6.80. The first-order chi connectivity index (χ1) is 17.9. The highest BCUT2D eigenvalue weighted by Gasteiger charge is 2.70. The summed E-state index contributed by atoms with van der Waals surface area (Å²) in [6, 6.07) is 20.6. The Morgan fingerprint density at radius 1 is 0.919 bits per heavy atom. The third-order valence-corrected chi connectivity index (χ3v) is 8.29. The van der Waals surface area contributed by atoms with Gasteiger partial charge < -0.3 is 10.3 Å². The van der Waals surface area contributed by atoms with Crippen LogP contribution in [0.5, 0.6) is 0 Å². The van der Waals surface area contributed by atoms with Gasteiger partial charge in [0.2, 0.25) is 17.7 Å². The van der Waals surface area contributed by atoms with Crippen LogP contribution < -0.4 is 15.5 Å². The molecule has 3 aromatic carbocycles. The van der Waals surface area contributed by atoms with Crippen LogP contribution in [0.4, 0.5) is 11.4 Å². The summed E-state index contributed by atoms with van der Waals surface area (Å²) in [7, 11) is 0. The van der Waals surface area contributed by atoms with Crippen molar-refractivity contribution in [2.75, 3.05) is 10.2 Å². The smallest absolute Gasteiger partial charge is 0.250 e. The molecular weight excluding hydrogens is 464 g/mol. The summed E-state index contributed by atoms with van der Waals surface area (Å²) in [5.41, 5.74) is 4.70. The third kappa shape index (κ3) is 2.89.